The van der Waals surface area contributed by atoms with Crippen LogP contribution in [-0.4, -0.2) is 55.7 Å². The van der Waals surface area contributed by atoms with Crippen LogP contribution >= 0.6 is 0 Å². The Morgan fingerprint density at radius 2 is 1.56 bits per heavy atom. The van der Waals surface area contributed by atoms with Crippen molar-refractivity contribution >= 4 is 11.6 Å². The molecule has 1 fully saturated rings. The van der Waals surface area contributed by atoms with Gasteiger partial charge < -0.3 is 15.0 Å². The van der Waals surface area contributed by atoms with Crippen molar-refractivity contribution in [3.8, 4) is 5.75 Å². The third-order valence-electron chi connectivity index (χ3n) is 5.06. The molecule has 1 N–H and O–H groups in total. The van der Waals surface area contributed by atoms with Crippen molar-refractivity contribution in [2.45, 2.75) is 26.0 Å². The van der Waals surface area contributed by atoms with Gasteiger partial charge in [-0.05, 0) is 38.1 Å². The fraction of sp³-hybridized carbons (Fsp3) is 0.409. The molecule has 0 bridgehead atoms. The molecular formula is C22H29N3O2. The Labute approximate surface area is 161 Å². The Morgan fingerprint density at radius 3 is 2.19 bits per heavy atom. The lowest BCUT2D eigenvalue weighted by Crippen LogP contribution is -2.53. The average molecular weight is 367 g/mol. The van der Waals surface area contributed by atoms with Crippen LogP contribution in [0.4, 0.5) is 5.69 Å². The number of para-hydroxylation sites is 2. The summed E-state index contributed by atoms with van der Waals surface area (Å²) in [6.07, 6.45) is -0.505. The van der Waals surface area contributed by atoms with E-state index in [1.165, 1.54) is 5.69 Å². The molecule has 2 atom stereocenters. The molecule has 144 valence electrons. The lowest BCUT2D eigenvalue weighted by atomic mass is 10.2. The fourth-order valence-electron chi connectivity index (χ4n) is 3.34. The molecule has 1 saturated heterocycles. The summed E-state index contributed by atoms with van der Waals surface area (Å²) in [5, 5.41) is 3.02. The Bertz CT molecular complexity index is 700. The molecule has 1 amide bonds. The molecule has 0 radical (unpaired) electrons. The van der Waals surface area contributed by atoms with Crippen LogP contribution in [0.2, 0.25) is 0 Å². The minimum atomic E-state index is -0.505. The molecule has 1 heterocycles. The summed E-state index contributed by atoms with van der Waals surface area (Å²) in [5.41, 5.74) is 1.28. The van der Waals surface area contributed by atoms with E-state index < -0.39 is 6.10 Å². The van der Waals surface area contributed by atoms with Crippen LogP contribution in [0.3, 0.4) is 0 Å². The van der Waals surface area contributed by atoms with Gasteiger partial charge in [-0.25, -0.2) is 0 Å². The zero-order chi connectivity index (χ0) is 19.1. The first-order chi connectivity index (χ1) is 13.1. The minimum absolute atomic E-state index is 0.0753. The summed E-state index contributed by atoms with van der Waals surface area (Å²) < 4.78 is 5.68. The van der Waals surface area contributed by atoms with E-state index in [0.29, 0.717) is 18.3 Å². The quantitative estimate of drug-likeness (QED) is 0.817. The first kappa shape index (κ1) is 19.2. The molecule has 0 saturated carbocycles. The number of nitrogens with zero attached hydrogens (tertiary/aromatic N) is 2. The van der Waals surface area contributed by atoms with Crippen LogP contribution < -0.4 is 15.0 Å². The molecule has 1 aliphatic heterocycles. The van der Waals surface area contributed by atoms with Gasteiger partial charge in [0.2, 0.25) is 0 Å². The van der Waals surface area contributed by atoms with Crippen LogP contribution in [0.5, 0.6) is 5.75 Å². The third kappa shape index (κ3) is 5.47. The number of piperazine rings is 1. The van der Waals surface area contributed by atoms with Crippen molar-refractivity contribution in [1.29, 1.82) is 0 Å². The monoisotopic (exact) mass is 367 g/mol. The predicted octanol–water partition coefficient (Wildman–Crippen LogP) is 2.78. The maximum atomic E-state index is 12.3. The van der Waals surface area contributed by atoms with Crippen LogP contribution in [-0.2, 0) is 4.79 Å². The van der Waals surface area contributed by atoms with Gasteiger partial charge in [0.05, 0.1) is 0 Å². The summed E-state index contributed by atoms with van der Waals surface area (Å²) in [6, 6.07) is 20.3. The van der Waals surface area contributed by atoms with E-state index in [2.05, 4.69) is 46.3 Å². The largest absolute Gasteiger partial charge is 0.481 e. The van der Waals surface area contributed by atoms with Crippen molar-refractivity contribution in [1.82, 2.24) is 10.2 Å². The molecule has 0 unspecified atom stereocenters. The number of carbonyl (C=O) groups is 1. The van der Waals surface area contributed by atoms with Crippen molar-refractivity contribution in [2.75, 3.05) is 37.6 Å². The van der Waals surface area contributed by atoms with E-state index in [1.54, 1.807) is 6.92 Å². The smallest absolute Gasteiger partial charge is 0.260 e. The Kier molecular flexibility index (Phi) is 6.71. The summed E-state index contributed by atoms with van der Waals surface area (Å²) in [7, 11) is 0. The molecule has 2 aromatic rings. The molecular weight excluding hydrogens is 338 g/mol. The molecule has 0 aromatic heterocycles. The lowest BCUT2D eigenvalue weighted by Gasteiger charge is -2.39. The summed E-state index contributed by atoms with van der Waals surface area (Å²) in [6.45, 7) is 8.61. The second-order valence-electron chi connectivity index (χ2n) is 7.03. The highest BCUT2D eigenvalue weighted by Gasteiger charge is 2.22. The van der Waals surface area contributed by atoms with E-state index >= 15 is 0 Å². The number of hydrogen-bond donors (Lipinski definition) is 1. The number of carbonyl (C=O) groups excluding carboxylic acids is 1. The van der Waals surface area contributed by atoms with Crippen molar-refractivity contribution in [2.24, 2.45) is 0 Å². The number of rotatable bonds is 7. The van der Waals surface area contributed by atoms with Gasteiger partial charge in [0.25, 0.3) is 5.91 Å². The summed E-state index contributed by atoms with van der Waals surface area (Å²) in [4.78, 5) is 17.2. The zero-order valence-electron chi connectivity index (χ0n) is 16.2. The Hall–Kier alpha value is -2.53. The van der Waals surface area contributed by atoms with Crippen LogP contribution in [0.1, 0.15) is 13.8 Å². The third-order valence-corrected chi connectivity index (χ3v) is 5.06. The number of ether oxygens (including phenoxy) is 1. The highest BCUT2D eigenvalue weighted by molar-refractivity contribution is 5.80. The van der Waals surface area contributed by atoms with E-state index in [9.17, 15) is 4.79 Å². The van der Waals surface area contributed by atoms with E-state index in [0.717, 1.165) is 26.2 Å². The predicted molar refractivity (Wildman–Crippen MR) is 109 cm³/mol. The minimum Gasteiger partial charge on any atom is -0.481 e. The topological polar surface area (TPSA) is 44.8 Å². The lowest BCUT2D eigenvalue weighted by molar-refractivity contribution is -0.127. The first-order valence-electron chi connectivity index (χ1n) is 9.67. The second kappa shape index (κ2) is 9.42. The maximum absolute atomic E-state index is 12.3. The van der Waals surface area contributed by atoms with Gasteiger partial charge in [-0.1, -0.05) is 36.4 Å². The SMILES string of the molecule is C[C@H](Oc1ccccc1)C(=O)NC[C@@H](C)N1CCN(c2ccccc2)CC1. The molecule has 27 heavy (non-hydrogen) atoms. The van der Waals surface area contributed by atoms with Gasteiger partial charge in [0.1, 0.15) is 5.75 Å². The number of anilines is 1. The highest BCUT2D eigenvalue weighted by atomic mass is 16.5. The van der Waals surface area contributed by atoms with Crippen LogP contribution in [0.25, 0.3) is 0 Å². The van der Waals surface area contributed by atoms with Gasteiger partial charge >= 0.3 is 0 Å². The van der Waals surface area contributed by atoms with Crippen molar-refractivity contribution in [3.05, 3.63) is 60.7 Å². The van der Waals surface area contributed by atoms with E-state index in [1.807, 2.05) is 36.4 Å². The normalized spacial score (nSPS) is 17.2. The number of nitrogens with one attached hydrogen (secondary N) is 1. The van der Waals surface area contributed by atoms with Gasteiger partial charge in [-0.2, -0.15) is 0 Å². The van der Waals surface area contributed by atoms with Gasteiger partial charge in [0.15, 0.2) is 6.10 Å². The molecule has 2 aromatic carbocycles. The summed E-state index contributed by atoms with van der Waals surface area (Å²) in [5.74, 6) is 0.638. The standard InChI is InChI=1S/C22H29N3O2/c1-18(17-23-22(26)19(2)27-21-11-7-4-8-12-21)24-13-15-25(16-14-24)20-9-5-3-6-10-20/h3-12,18-19H,13-17H2,1-2H3,(H,23,26)/t18-,19+/m1/s1. The molecule has 5 heteroatoms. The van der Waals surface area contributed by atoms with Crippen LogP contribution in [0.15, 0.2) is 60.7 Å². The van der Waals surface area contributed by atoms with Gasteiger partial charge in [-0.3, -0.25) is 9.69 Å². The second-order valence-corrected chi connectivity index (χ2v) is 7.03. The summed E-state index contributed by atoms with van der Waals surface area (Å²) >= 11 is 0. The first-order valence-corrected chi connectivity index (χ1v) is 9.67. The average Bonchev–Trinajstić information content (AvgIpc) is 2.73. The fourth-order valence-corrected chi connectivity index (χ4v) is 3.34. The number of benzene rings is 2. The van der Waals surface area contributed by atoms with Gasteiger partial charge in [-0.15, -0.1) is 0 Å². The van der Waals surface area contributed by atoms with E-state index in [4.69, 9.17) is 4.74 Å². The zero-order valence-corrected chi connectivity index (χ0v) is 16.2. The molecule has 1 aliphatic rings. The molecule has 0 spiro atoms. The molecule has 5 nitrogen and oxygen atoms in total. The van der Waals surface area contributed by atoms with Crippen molar-refractivity contribution < 1.29 is 9.53 Å². The Balaban J connectivity index is 1.40. The molecule has 0 aliphatic carbocycles. The van der Waals surface area contributed by atoms with E-state index in [-0.39, 0.29) is 5.91 Å². The highest BCUT2D eigenvalue weighted by Crippen LogP contribution is 2.16. The van der Waals surface area contributed by atoms with Crippen molar-refractivity contribution in [3.63, 3.8) is 0 Å². The number of amides is 1. The Morgan fingerprint density at radius 1 is 0.963 bits per heavy atom. The van der Waals surface area contributed by atoms with Crippen LogP contribution in [0, 0.1) is 0 Å². The number of hydrogen-bond acceptors (Lipinski definition) is 4. The maximum Gasteiger partial charge on any atom is 0.260 e. The molecule has 3 rings (SSSR count). The van der Waals surface area contributed by atoms with Gasteiger partial charge in [0, 0.05) is 44.5 Å².